The molecule has 1 heterocycles. The van der Waals surface area contributed by atoms with Gasteiger partial charge in [-0.05, 0) is 25.1 Å². The third kappa shape index (κ3) is 3.61. The van der Waals surface area contributed by atoms with Gasteiger partial charge in [-0.2, -0.15) is 0 Å². The molecule has 0 amide bonds. The molecule has 110 valence electrons. The summed E-state index contributed by atoms with van der Waals surface area (Å²) >= 11 is 1.36. The van der Waals surface area contributed by atoms with Crippen LogP contribution in [0.15, 0.2) is 36.2 Å². The van der Waals surface area contributed by atoms with Crippen molar-refractivity contribution in [2.75, 3.05) is 18.9 Å². The van der Waals surface area contributed by atoms with Crippen molar-refractivity contribution in [3.05, 3.63) is 41.9 Å². The molecule has 6 heteroatoms. The van der Waals surface area contributed by atoms with Gasteiger partial charge in [0.1, 0.15) is 17.4 Å². The largest absolute Gasteiger partial charge is 0.487 e. The van der Waals surface area contributed by atoms with E-state index in [0.717, 1.165) is 5.56 Å². The molecule has 0 aliphatic rings. The number of nitrogen functional groups attached to an aromatic ring is 1. The predicted molar refractivity (Wildman–Crippen MR) is 83.6 cm³/mol. The van der Waals surface area contributed by atoms with E-state index in [-0.39, 0.29) is 0 Å². The smallest absolute Gasteiger partial charge is 0.357 e. The van der Waals surface area contributed by atoms with E-state index in [1.165, 1.54) is 11.3 Å². The molecule has 0 aliphatic carbocycles. The van der Waals surface area contributed by atoms with Crippen LogP contribution in [0.2, 0.25) is 0 Å². The van der Waals surface area contributed by atoms with Crippen LogP contribution in [-0.2, 0) is 4.74 Å². The lowest BCUT2D eigenvalue weighted by Gasteiger charge is -2.07. The van der Waals surface area contributed by atoms with Crippen LogP contribution in [0.1, 0.15) is 17.4 Å². The van der Waals surface area contributed by atoms with Gasteiger partial charge in [-0.25, -0.2) is 9.78 Å². The summed E-state index contributed by atoms with van der Waals surface area (Å²) in [5, 5.41) is 2.38. The van der Waals surface area contributed by atoms with Crippen LogP contribution >= 0.6 is 11.3 Å². The summed E-state index contributed by atoms with van der Waals surface area (Å²) in [5.74, 6) is 0.180. The van der Waals surface area contributed by atoms with Crippen molar-refractivity contribution >= 4 is 23.0 Å². The first-order valence-electron chi connectivity index (χ1n) is 6.42. The Balaban J connectivity index is 2.20. The number of rotatable bonds is 6. The van der Waals surface area contributed by atoms with Gasteiger partial charge < -0.3 is 15.2 Å². The lowest BCUT2D eigenvalue weighted by molar-refractivity contribution is 0.0520. The fraction of sp³-hybridized carbons (Fsp3) is 0.200. The lowest BCUT2D eigenvalue weighted by Crippen LogP contribution is -2.04. The summed E-state index contributed by atoms with van der Waals surface area (Å²) in [6.07, 6.45) is 1.65. The summed E-state index contributed by atoms with van der Waals surface area (Å²) in [6, 6.07) is 5.40. The monoisotopic (exact) mass is 304 g/mol. The fourth-order valence-corrected chi connectivity index (χ4v) is 2.45. The van der Waals surface area contributed by atoms with Crippen molar-refractivity contribution < 1.29 is 14.3 Å². The Labute approximate surface area is 127 Å². The zero-order chi connectivity index (χ0) is 15.2. The molecule has 0 saturated heterocycles. The Morgan fingerprint density at radius 2 is 2.33 bits per heavy atom. The Morgan fingerprint density at radius 1 is 1.52 bits per heavy atom. The van der Waals surface area contributed by atoms with Crippen LogP contribution in [-0.4, -0.2) is 24.2 Å². The van der Waals surface area contributed by atoms with Crippen LogP contribution in [0.5, 0.6) is 5.75 Å². The maximum atomic E-state index is 11.6. The minimum Gasteiger partial charge on any atom is -0.487 e. The highest BCUT2D eigenvalue weighted by Gasteiger charge is 2.13. The number of hydrogen-bond donors (Lipinski definition) is 1. The molecule has 0 aliphatic heterocycles. The molecule has 2 rings (SSSR count). The Bertz CT molecular complexity index is 652. The fourth-order valence-electron chi connectivity index (χ4n) is 1.67. The minimum absolute atomic E-state index is 0.308. The van der Waals surface area contributed by atoms with Gasteiger partial charge in [-0.1, -0.05) is 12.7 Å². The molecule has 5 nitrogen and oxygen atoms in total. The third-order valence-electron chi connectivity index (χ3n) is 2.60. The van der Waals surface area contributed by atoms with Crippen LogP contribution in [0, 0.1) is 0 Å². The predicted octanol–water partition coefficient (Wildman–Crippen LogP) is 3.13. The summed E-state index contributed by atoms with van der Waals surface area (Å²) < 4.78 is 10.3. The van der Waals surface area contributed by atoms with Crippen molar-refractivity contribution in [2.24, 2.45) is 0 Å². The molecule has 0 radical (unpaired) electrons. The van der Waals surface area contributed by atoms with Crippen molar-refractivity contribution in [1.82, 2.24) is 4.98 Å². The van der Waals surface area contributed by atoms with Gasteiger partial charge in [-0.3, -0.25) is 0 Å². The number of nitrogens with zero attached hydrogens (tertiary/aromatic N) is 1. The van der Waals surface area contributed by atoms with Crippen molar-refractivity contribution in [3.63, 3.8) is 0 Å². The first-order valence-corrected chi connectivity index (χ1v) is 7.30. The molecule has 0 saturated carbocycles. The molecule has 0 fully saturated rings. The molecule has 1 aromatic carbocycles. The van der Waals surface area contributed by atoms with E-state index in [1.54, 1.807) is 30.5 Å². The molecule has 1 aromatic heterocycles. The number of anilines is 1. The lowest BCUT2D eigenvalue weighted by atomic mass is 10.2. The van der Waals surface area contributed by atoms with E-state index in [1.807, 2.05) is 6.07 Å². The Kier molecular flexibility index (Phi) is 4.94. The first-order chi connectivity index (χ1) is 10.2. The van der Waals surface area contributed by atoms with Gasteiger partial charge in [0.05, 0.1) is 12.3 Å². The highest BCUT2D eigenvalue weighted by molar-refractivity contribution is 7.13. The zero-order valence-corrected chi connectivity index (χ0v) is 12.5. The molecule has 0 spiro atoms. The quantitative estimate of drug-likeness (QED) is 0.504. The van der Waals surface area contributed by atoms with Crippen molar-refractivity contribution in [1.29, 1.82) is 0 Å². The normalized spacial score (nSPS) is 10.1. The number of carbonyl (C=O) groups excluding carboxylic acids is 1. The summed E-state index contributed by atoms with van der Waals surface area (Å²) in [4.78, 5) is 15.9. The zero-order valence-electron chi connectivity index (χ0n) is 11.7. The molecule has 2 N–H and O–H groups in total. The minimum atomic E-state index is -0.418. The molecular weight excluding hydrogens is 288 g/mol. The summed E-state index contributed by atoms with van der Waals surface area (Å²) in [5.41, 5.74) is 7.60. The first kappa shape index (κ1) is 15.1. The van der Waals surface area contributed by atoms with Gasteiger partial charge in [0, 0.05) is 10.9 Å². The molecule has 0 bridgehead atoms. The molecule has 2 aromatic rings. The highest BCUT2D eigenvalue weighted by atomic mass is 32.1. The standard InChI is InChI=1S/C15H16N2O3S/c1-3-7-20-13-6-5-10(8-11(13)16)14-17-12(9-21-14)15(18)19-4-2/h3,5-6,8-9H,1,4,7,16H2,2H3. The molecule has 0 unspecified atom stereocenters. The van der Waals surface area contributed by atoms with Gasteiger partial charge in [0.2, 0.25) is 0 Å². The second kappa shape index (κ2) is 6.90. The number of esters is 1. The molecular formula is C15H16N2O3S. The van der Waals surface area contributed by atoms with E-state index in [2.05, 4.69) is 11.6 Å². The van der Waals surface area contributed by atoms with E-state index in [9.17, 15) is 4.79 Å². The number of thiazole rings is 1. The number of benzene rings is 1. The number of ether oxygens (including phenoxy) is 2. The van der Waals surface area contributed by atoms with Crippen LogP contribution < -0.4 is 10.5 Å². The topological polar surface area (TPSA) is 74.4 Å². The van der Waals surface area contributed by atoms with Crippen molar-refractivity contribution in [3.8, 4) is 16.3 Å². The Hall–Kier alpha value is -2.34. The van der Waals surface area contributed by atoms with Gasteiger partial charge in [0.15, 0.2) is 5.69 Å². The number of nitrogens with two attached hydrogens (primary N) is 1. The maximum Gasteiger partial charge on any atom is 0.357 e. The van der Waals surface area contributed by atoms with Gasteiger partial charge >= 0.3 is 5.97 Å². The van der Waals surface area contributed by atoms with E-state index in [0.29, 0.717) is 35.4 Å². The second-order valence-electron chi connectivity index (χ2n) is 4.11. The molecule has 21 heavy (non-hydrogen) atoms. The van der Waals surface area contributed by atoms with Gasteiger partial charge in [0.25, 0.3) is 0 Å². The SMILES string of the molecule is C=CCOc1ccc(-c2nc(C(=O)OCC)cs2)cc1N. The highest BCUT2D eigenvalue weighted by Crippen LogP contribution is 2.30. The maximum absolute atomic E-state index is 11.6. The number of hydrogen-bond acceptors (Lipinski definition) is 6. The van der Waals surface area contributed by atoms with Crippen LogP contribution in [0.4, 0.5) is 5.69 Å². The Morgan fingerprint density at radius 3 is 3.00 bits per heavy atom. The van der Waals surface area contributed by atoms with E-state index in [4.69, 9.17) is 15.2 Å². The third-order valence-corrected chi connectivity index (χ3v) is 3.49. The van der Waals surface area contributed by atoms with E-state index < -0.39 is 5.97 Å². The average Bonchev–Trinajstić information content (AvgIpc) is 2.96. The molecule has 0 atom stereocenters. The van der Waals surface area contributed by atoms with Crippen LogP contribution in [0.3, 0.4) is 0 Å². The number of aromatic nitrogens is 1. The number of carbonyl (C=O) groups is 1. The second-order valence-corrected chi connectivity index (χ2v) is 4.97. The van der Waals surface area contributed by atoms with Gasteiger partial charge in [-0.15, -0.1) is 11.3 Å². The summed E-state index contributed by atoms with van der Waals surface area (Å²) in [7, 11) is 0. The average molecular weight is 304 g/mol. The van der Waals surface area contributed by atoms with E-state index >= 15 is 0 Å². The van der Waals surface area contributed by atoms with Crippen LogP contribution in [0.25, 0.3) is 10.6 Å². The summed E-state index contributed by atoms with van der Waals surface area (Å²) in [6.45, 7) is 6.07. The van der Waals surface area contributed by atoms with Crippen molar-refractivity contribution in [2.45, 2.75) is 6.92 Å².